The lowest BCUT2D eigenvalue weighted by atomic mass is 10.2. The summed E-state index contributed by atoms with van der Waals surface area (Å²) in [6.45, 7) is 6.38. The van der Waals surface area contributed by atoms with Crippen LogP contribution in [0.15, 0.2) is 18.2 Å². The zero-order chi connectivity index (χ0) is 15.1. The Morgan fingerprint density at radius 2 is 2.15 bits per heavy atom. The Balaban J connectivity index is 2.57. The summed E-state index contributed by atoms with van der Waals surface area (Å²) in [6.07, 6.45) is 0. The molecule has 0 aliphatic heterocycles. The van der Waals surface area contributed by atoms with Crippen LogP contribution in [-0.4, -0.2) is 40.1 Å². The van der Waals surface area contributed by atoms with Gasteiger partial charge in [0.05, 0.1) is 18.2 Å². The van der Waals surface area contributed by atoms with Crippen LogP contribution < -0.4 is 5.32 Å². The Morgan fingerprint density at radius 3 is 2.70 bits per heavy atom. The zero-order valence-corrected chi connectivity index (χ0v) is 12.1. The van der Waals surface area contributed by atoms with E-state index in [1.54, 1.807) is 11.8 Å². The van der Waals surface area contributed by atoms with E-state index in [4.69, 9.17) is 5.11 Å². The maximum absolute atomic E-state index is 12.0. The number of nitrogens with one attached hydrogen (secondary N) is 1. The van der Waals surface area contributed by atoms with Crippen molar-refractivity contribution >= 4 is 12.0 Å². The standard InChI is InChI=1S/C14H21N3O3/c1-4-17(9-12-7-5-6-11(3)16-12)14(20)15-8-10(2)13(18)19/h5-7,10H,4,8-9H2,1-3H3,(H,15,20)(H,18,19). The molecule has 0 bridgehead atoms. The maximum Gasteiger partial charge on any atom is 0.317 e. The van der Waals surface area contributed by atoms with E-state index in [-0.39, 0.29) is 12.6 Å². The van der Waals surface area contributed by atoms with Crippen LogP contribution in [0.1, 0.15) is 25.2 Å². The molecule has 0 aromatic carbocycles. The Morgan fingerprint density at radius 1 is 1.45 bits per heavy atom. The highest BCUT2D eigenvalue weighted by Crippen LogP contribution is 2.04. The highest BCUT2D eigenvalue weighted by atomic mass is 16.4. The number of carboxylic acids is 1. The van der Waals surface area contributed by atoms with Crippen molar-refractivity contribution in [2.75, 3.05) is 13.1 Å². The summed E-state index contributed by atoms with van der Waals surface area (Å²) in [7, 11) is 0. The van der Waals surface area contributed by atoms with Crippen molar-refractivity contribution in [1.29, 1.82) is 0 Å². The quantitative estimate of drug-likeness (QED) is 0.829. The molecule has 0 saturated carbocycles. The van der Waals surface area contributed by atoms with Gasteiger partial charge in [0.25, 0.3) is 0 Å². The second-order valence-corrected chi connectivity index (χ2v) is 4.71. The van der Waals surface area contributed by atoms with Gasteiger partial charge in [0.2, 0.25) is 0 Å². The lowest BCUT2D eigenvalue weighted by Crippen LogP contribution is -2.42. The molecule has 20 heavy (non-hydrogen) atoms. The summed E-state index contributed by atoms with van der Waals surface area (Å²) >= 11 is 0. The SMILES string of the molecule is CCN(Cc1cccc(C)n1)C(=O)NCC(C)C(=O)O. The van der Waals surface area contributed by atoms with Gasteiger partial charge in [0, 0.05) is 18.8 Å². The number of aryl methyl sites for hydroxylation is 1. The summed E-state index contributed by atoms with van der Waals surface area (Å²) in [5, 5.41) is 11.4. The van der Waals surface area contributed by atoms with Crippen molar-refractivity contribution in [2.24, 2.45) is 5.92 Å². The molecule has 0 fully saturated rings. The van der Waals surface area contributed by atoms with E-state index >= 15 is 0 Å². The average molecular weight is 279 g/mol. The van der Waals surface area contributed by atoms with E-state index in [0.717, 1.165) is 11.4 Å². The molecule has 0 radical (unpaired) electrons. The Kier molecular flexibility index (Phi) is 5.96. The molecule has 1 aromatic rings. The first kappa shape index (κ1) is 15.9. The van der Waals surface area contributed by atoms with Crippen LogP contribution in [0.3, 0.4) is 0 Å². The molecular formula is C14H21N3O3. The molecule has 0 aliphatic rings. The summed E-state index contributed by atoms with van der Waals surface area (Å²) in [5.41, 5.74) is 1.71. The number of urea groups is 1. The zero-order valence-electron chi connectivity index (χ0n) is 12.1. The number of hydrogen-bond acceptors (Lipinski definition) is 3. The first-order chi connectivity index (χ1) is 9.43. The Labute approximate surface area is 118 Å². The lowest BCUT2D eigenvalue weighted by Gasteiger charge is -2.21. The van der Waals surface area contributed by atoms with E-state index in [0.29, 0.717) is 13.1 Å². The number of aliphatic carboxylic acids is 1. The summed E-state index contributed by atoms with van der Waals surface area (Å²) < 4.78 is 0. The molecule has 6 heteroatoms. The molecule has 1 rings (SSSR count). The molecular weight excluding hydrogens is 258 g/mol. The molecule has 110 valence electrons. The predicted molar refractivity (Wildman–Crippen MR) is 75.3 cm³/mol. The van der Waals surface area contributed by atoms with Gasteiger partial charge in [-0.3, -0.25) is 9.78 Å². The molecule has 1 unspecified atom stereocenters. The first-order valence-electron chi connectivity index (χ1n) is 6.62. The van der Waals surface area contributed by atoms with Crippen LogP contribution in [0.4, 0.5) is 4.79 Å². The van der Waals surface area contributed by atoms with Gasteiger partial charge < -0.3 is 15.3 Å². The molecule has 1 aromatic heterocycles. The number of pyridine rings is 1. The smallest absolute Gasteiger partial charge is 0.317 e. The van der Waals surface area contributed by atoms with Gasteiger partial charge in [-0.25, -0.2) is 4.79 Å². The van der Waals surface area contributed by atoms with Crippen molar-refractivity contribution in [3.05, 3.63) is 29.6 Å². The first-order valence-corrected chi connectivity index (χ1v) is 6.62. The maximum atomic E-state index is 12.0. The summed E-state index contributed by atoms with van der Waals surface area (Å²) in [4.78, 5) is 28.6. The van der Waals surface area contributed by atoms with Gasteiger partial charge in [0.15, 0.2) is 0 Å². The molecule has 1 heterocycles. The number of hydrogen-bond donors (Lipinski definition) is 2. The third-order valence-electron chi connectivity index (χ3n) is 2.95. The third-order valence-corrected chi connectivity index (χ3v) is 2.95. The average Bonchev–Trinajstić information content (AvgIpc) is 2.41. The molecule has 1 atom stereocenters. The number of carbonyl (C=O) groups is 2. The number of amides is 2. The van der Waals surface area contributed by atoms with Crippen LogP contribution in [0.25, 0.3) is 0 Å². The van der Waals surface area contributed by atoms with Gasteiger partial charge in [-0.1, -0.05) is 13.0 Å². The Bertz CT molecular complexity index is 476. The van der Waals surface area contributed by atoms with Crippen LogP contribution in [0, 0.1) is 12.8 Å². The van der Waals surface area contributed by atoms with Crippen molar-refractivity contribution in [3.8, 4) is 0 Å². The monoisotopic (exact) mass is 279 g/mol. The number of rotatable bonds is 6. The van der Waals surface area contributed by atoms with Crippen molar-refractivity contribution in [2.45, 2.75) is 27.3 Å². The van der Waals surface area contributed by atoms with Gasteiger partial charge in [-0.15, -0.1) is 0 Å². The lowest BCUT2D eigenvalue weighted by molar-refractivity contribution is -0.140. The van der Waals surface area contributed by atoms with E-state index in [9.17, 15) is 9.59 Å². The van der Waals surface area contributed by atoms with Gasteiger partial charge in [0.1, 0.15) is 0 Å². The minimum Gasteiger partial charge on any atom is -0.481 e. The van der Waals surface area contributed by atoms with E-state index in [1.807, 2.05) is 32.0 Å². The molecule has 0 saturated heterocycles. The summed E-state index contributed by atoms with van der Waals surface area (Å²) in [5.74, 6) is -1.52. The van der Waals surface area contributed by atoms with E-state index < -0.39 is 11.9 Å². The fraction of sp³-hybridized carbons (Fsp3) is 0.500. The van der Waals surface area contributed by atoms with E-state index in [2.05, 4.69) is 10.3 Å². The molecule has 0 aliphatic carbocycles. The normalized spacial score (nSPS) is 11.8. The van der Waals surface area contributed by atoms with Crippen molar-refractivity contribution < 1.29 is 14.7 Å². The topological polar surface area (TPSA) is 82.5 Å². The number of nitrogens with zero attached hydrogens (tertiary/aromatic N) is 2. The number of carbonyl (C=O) groups excluding carboxylic acids is 1. The highest BCUT2D eigenvalue weighted by molar-refractivity contribution is 5.75. The van der Waals surface area contributed by atoms with Gasteiger partial charge in [-0.2, -0.15) is 0 Å². The van der Waals surface area contributed by atoms with E-state index in [1.165, 1.54) is 0 Å². The molecule has 2 amide bonds. The molecule has 2 N–H and O–H groups in total. The fourth-order valence-corrected chi connectivity index (χ4v) is 1.65. The van der Waals surface area contributed by atoms with Crippen LogP contribution in [-0.2, 0) is 11.3 Å². The van der Waals surface area contributed by atoms with Gasteiger partial charge >= 0.3 is 12.0 Å². The minimum absolute atomic E-state index is 0.117. The van der Waals surface area contributed by atoms with Gasteiger partial charge in [-0.05, 0) is 26.0 Å². The Hall–Kier alpha value is -2.11. The number of aromatic nitrogens is 1. The fourth-order valence-electron chi connectivity index (χ4n) is 1.65. The van der Waals surface area contributed by atoms with Crippen molar-refractivity contribution in [1.82, 2.24) is 15.2 Å². The third kappa shape index (κ3) is 4.87. The summed E-state index contributed by atoms with van der Waals surface area (Å²) in [6, 6.07) is 5.39. The molecule has 6 nitrogen and oxygen atoms in total. The molecule has 0 spiro atoms. The highest BCUT2D eigenvalue weighted by Gasteiger charge is 2.16. The number of carboxylic acid groups (broad SMARTS) is 1. The predicted octanol–water partition coefficient (Wildman–Crippen LogP) is 1.64. The van der Waals surface area contributed by atoms with Crippen LogP contribution in [0.5, 0.6) is 0 Å². The van der Waals surface area contributed by atoms with Crippen LogP contribution in [0.2, 0.25) is 0 Å². The van der Waals surface area contributed by atoms with Crippen LogP contribution >= 0.6 is 0 Å². The second kappa shape index (κ2) is 7.47. The second-order valence-electron chi connectivity index (χ2n) is 4.71. The largest absolute Gasteiger partial charge is 0.481 e. The van der Waals surface area contributed by atoms with Crippen molar-refractivity contribution in [3.63, 3.8) is 0 Å². The minimum atomic E-state index is -0.923.